The minimum Gasteiger partial charge on any atom is -0.481 e. The van der Waals surface area contributed by atoms with Crippen molar-refractivity contribution in [1.82, 2.24) is 20.3 Å². The smallest absolute Gasteiger partial charge is 0.303 e. The van der Waals surface area contributed by atoms with Gasteiger partial charge in [-0.25, -0.2) is 4.39 Å². The number of aromatic nitrogens is 3. The zero-order valence-corrected chi connectivity index (χ0v) is 13.2. The molecule has 24 heavy (non-hydrogen) atoms. The van der Waals surface area contributed by atoms with Crippen molar-refractivity contribution < 1.29 is 19.1 Å². The van der Waals surface area contributed by atoms with Crippen molar-refractivity contribution in [3.8, 4) is 0 Å². The lowest BCUT2D eigenvalue weighted by molar-refractivity contribution is -0.138. The number of aromatic amines is 1. The summed E-state index contributed by atoms with van der Waals surface area (Å²) in [7, 11) is 0. The van der Waals surface area contributed by atoms with Crippen molar-refractivity contribution in [2.45, 2.75) is 12.3 Å². The van der Waals surface area contributed by atoms with Crippen LogP contribution in [0.1, 0.15) is 28.4 Å². The number of nitrogens with one attached hydrogen (secondary N) is 1. The molecule has 3 rings (SSSR count). The minimum absolute atomic E-state index is 0.0779. The van der Waals surface area contributed by atoms with Gasteiger partial charge >= 0.3 is 5.97 Å². The SMILES string of the molecule is O=C(O)CC1CN(C(=O)c2ccc(F)c(Cl)c2)CC1c1cn[nH]n1. The summed E-state index contributed by atoms with van der Waals surface area (Å²) in [5.74, 6) is -2.35. The van der Waals surface area contributed by atoms with E-state index < -0.39 is 11.8 Å². The second kappa shape index (κ2) is 6.56. The maximum Gasteiger partial charge on any atom is 0.303 e. The molecule has 1 aromatic carbocycles. The highest BCUT2D eigenvalue weighted by atomic mass is 35.5. The summed E-state index contributed by atoms with van der Waals surface area (Å²) >= 11 is 5.73. The van der Waals surface area contributed by atoms with Gasteiger partial charge in [0, 0.05) is 24.6 Å². The molecule has 1 aliphatic heterocycles. The maximum absolute atomic E-state index is 13.3. The largest absolute Gasteiger partial charge is 0.481 e. The molecule has 2 unspecified atom stereocenters. The highest BCUT2D eigenvalue weighted by molar-refractivity contribution is 6.31. The van der Waals surface area contributed by atoms with Gasteiger partial charge in [0.05, 0.1) is 23.3 Å². The fourth-order valence-electron chi connectivity index (χ4n) is 3.00. The maximum atomic E-state index is 13.3. The number of rotatable bonds is 4. The number of hydrogen-bond acceptors (Lipinski definition) is 4. The van der Waals surface area contributed by atoms with E-state index in [9.17, 15) is 14.0 Å². The molecule has 126 valence electrons. The van der Waals surface area contributed by atoms with Gasteiger partial charge < -0.3 is 10.0 Å². The molecule has 1 aromatic heterocycles. The Kier molecular flexibility index (Phi) is 4.48. The van der Waals surface area contributed by atoms with Crippen molar-refractivity contribution in [1.29, 1.82) is 0 Å². The number of benzene rings is 1. The standard InChI is InChI=1S/C15H14ClFN4O3/c16-11-3-8(1-2-12(11)17)15(24)21-6-9(4-14(22)23)10(7-21)13-5-18-20-19-13/h1-3,5,9-10H,4,6-7H2,(H,22,23)(H,18,19,20). The van der Waals surface area contributed by atoms with Crippen LogP contribution in [0.15, 0.2) is 24.4 Å². The molecule has 2 N–H and O–H groups in total. The zero-order chi connectivity index (χ0) is 17.3. The molecule has 0 bridgehead atoms. The highest BCUT2D eigenvalue weighted by Gasteiger charge is 2.38. The first-order chi connectivity index (χ1) is 11.5. The lowest BCUT2D eigenvalue weighted by Crippen LogP contribution is -2.29. The molecule has 0 saturated carbocycles. The molecule has 2 heterocycles. The first-order valence-corrected chi connectivity index (χ1v) is 7.65. The number of carbonyl (C=O) groups excluding carboxylic acids is 1. The Hall–Kier alpha value is -2.48. The van der Waals surface area contributed by atoms with Gasteiger partial charge in [0.1, 0.15) is 5.82 Å². The molecule has 7 nitrogen and oxygen atoms in total. The predicted molar refractivity (Wildman–Crippen MR) is 82.2 cm³/mol. The Morgan fingerprint density at radius 3 is 2.83 bits per heavy atom. The number of carbonyl (C=O) groups is 2. The fourth-order valence-corrected chi connectivity index (χ4v) is 3.18. The highest BCUT2D eigenvalue weighted by Crippen LogP contribution is 2.34. The third-order valence-electron chi connectivity index (χ3n) is 4.15. The molecule has 9 heteroatoms. The van der Waals surface area contributed by atoms with Gasteiger partial charge in [-0.2, -0.15) is 15.4 Å². The second-order valence-corrected chi connectivity index (χ2v) is 6.11. The molecule has 0 spiro atoms. The Bertz CT molecular complexity index is 768. The minimum atomic E-state index is -0.937. The Morgan fingerprint density at radius 2 is 2.21 bits per heavy atom. The van der Waals surface area contributed by atoms with Crippen LogP contribution in [0.4, 0.5) is 4.39 Å². The van der Waals surface area contributed by atoms with Crippen LogP contribution in [0.2, 0.25) is 5.02 Å². The second-order valence-electron chi connectivity index (χ2n) is 5.70. The van der Waals surface area contributed by atoms with Crippen LogP contribution in [-0.2, 0) is 4.79 Å². The lowest BCUT2D eigenvalue weighted by Gasteiger charge is -2.16. The van der Waals surface area contributed by atoms with Gasteiger partial charge in [-0.3, -0.25) is 9.59 Å². The summed E-state index contributed by atoms with van der Waals surface area (Å²) in [4.78, 5) is 25.2. The summed E-state index contributed by atoms with van der Waals surface area (Å²) in [5, 5.41) is 19.2. The molecule has 1 saturated heterocycles. The Labute approximate surface area is 141 Å². The number of nitrogens with zero attached hydrogens (tertiary/aromatic N) is 3. The van der Waals surface area contributed by atoms with E-state index in [0.29, 0.717) is 12.2 Å². The normalized spacial score (nSPS) is 20.3. The van der Waals surface area contributed by atoms with Gasteiger partial charge in [0.25, 0.3) is 5.91 Å². The quantitative estimate of drug-likeness (QED) is 0.875. The van der Waals surface area contributed by atoms with Crippen LogP contribution in [0.3, 0.4) is 0 Å². The van der Waals surface area contributed by atoms with Crippen molar-refractivity contribution in [2.24, 2.45) is 5.92 Å². The van der Waals surface area contributed by atoms with Gasteiger partial charge in [0.15, 0.2) is 0 Å². The van der Waals surface area contributed by atoms with Crippen LogP contribution < -0.4 is 0 Å². The predicted octanol–water partition coefficient (Wildman–Crippen LogP) is 1.93. The monoisotopic (exact) mass is 352 g/mol. The average molecular weight is 353 g/mol. The number of hydrogen-bond donors (Lipinski definition) is 2. The van der Waals surface area contributed by atoms with E-state index in [1.54, 1.807) is 0 Å². The number of likely N-dealkylation sites (tertiary alicyclic amines) is 1. The van der Waals surface area contributed by atoms with Crippen LogP contribution in [-0.4, -0.2) is 50.4 Å². The van der Waals surface area contributed by atoms with E-state index in [-0.39, 0.29) is 41.3 Å². The molecule has 1 aliphatic rings. The van der Waals surface area contributed by atoms with Crippen LogP contribution >= 0.6 is 11.6 Å². The van der Waals surface area contributed by atoms with Crippen molar-refractivity contribution >= 4 is 23.5 Å². The number of H-pyrrole nitrogens is 1. The van der Waals surface area contributed by atoms with Crippen LogP contribution in [0, 0.1) is 11.7 Å². The first-order valence-electron chi connectivity index (χ1n) is 7.27. The van der Waals surface area contributed by atoms with Crippen LogP contribution in [0.5, 0.6) is 0 Å². The van der Waals surface area contributed by atoms with E-state index in [1.807, 2.05) is 0 Å². The molecule has 0 radical (unpaired) electrons. The third-order valence-corrected chi connectivity index (χ3v) is 4.43. The molecular formula is C15H14ClFN4O3. The van der Waals surface area contributed by atoms with Crippen molar-refractivity contribution in [3.63, 3.8) is 0 Å². The Morgan fingerprint density at radius 1 is 1.42 bits per heavy atom. The Balaban J connectivity index is 1.82. The van der Waals surface area contributed by atoms with Crippen LogP contribution in [0.25, 0.3) is 0 Å². The molecule has 1 amide bonds. The van der Waals surface area contributed by atoms with E-state index in [4.69, 9.17) is 16.7 Å². The molecule has 2 aromatic rings. The molecule has 0 aliphatic carbocycles. The topological polar surface area (TPSA) is 99.2 Å². The lowest BCUT2D eigenvalue weighted by atomic mass is 9.91. The summed E-state index contributed by atoms with van der Waals surface area (Å²) in [5.41, 5.74) is 0.880. The van der Waals surface area contributed by atoms with Gasteiger partial charge in [-0.15, -0.1) is 0 Å². The number of halogens is 2. The summed E-state index contributed by atoms with van der Waals surface area (Å²) in [6.07, 6.45) is 1.45. The number of amides is 1. The van der Waals surface area contributed by atoms with E-state index in [0.717, 1.165) is 6.07 Å². The van der Waals surface area contributed by atoms with E-state index in [2.05, 4.69) is 15.4 Å². The van der Waals surface area contributed by atoms with Crippen molar-refractivity contribution in [2.75, 3.05) is 13.1 Å². The summed E-state index contributed by atoms with van der Waals surface area (Å²) < 4.78 is 13.3. The zero-order valence-electron chi connectivity index (χ0n) is 12.4. The average Bonchev–Trinajstić information content (AvgIpc) is 3.18. The molecular weight excluding hydrogens is 339 g/mol. The van der Waals surface area contributed by atoms with E-state index >= 15 is 0 Å². The van der Waals surface area contributed by atoms with Crippen molar-refractivity contribution in [3.05, 3.63) is 46.5 Å². The number of carboxylic acids is 1. The third kappa shape index (κ3) is 3.23. The van der Waals surface area contributed by atoms with Gasteiger partial charge in [0.2, 0.25) is 0 Å². The fraction of sp³-hybridized carbons (Fsp3) is 0.333. The van der Waals surface area contributed by atoms with E-state index in [1.165, 1.54) is 23.2 Å². The number of aliphatic carboxylic acids is 1. The van der Waals surface area contributed by atoms with Gasteiger partial charge in [-0.1, -0.05) is 11.6 Å². The molecule has 2 atom stereocenters. The summed E-state index contributed by atoms with van der Waals surface area (Å²) in [6.45, 7) is 0.593. The number of carboxylic acid groups (broad SMARTS) is 1. The molecule has 1 fully saturated rings. The summed E-state index contributed by atoms with van der Waals surface area (Å²) in [6, 6.07) is 3.77. The first kappa shape index (κ1) is 16.4. The van der Waals surface area contributed by atoms with Gasteiger partial charge in [-0.05, 0) is 24.1 Å².